The topological polar surface area (TPSA) is 98.0 Å². The number of carbonyl (C=O) groups is 2. The van der Waals surface area contributed by atoms with Gasteiger partial charge in [-0.1, -0.05) is 29.0 Å². The number of benzene rings is 1. The van der Waals surface area contributed by atoms with Gasteiger partial charge in [0, 0.05) is 13.1 Å². The number of carbonyl (C=O) groups excluding carboxylic acids is 2. The second-order valence-electron chi connectivity index (χ2n) is 7.34. The van der Waals surface area contributed by atoms with Crippen LogP contribution in [0.1, 0.15) is 12.8 Å². The van der Waals surface area contributed by atoms with Gasteiger partial charge >= 0.3 is 5.97 Å². The van der Waals surface area contributed by atoms with Crippen molar-refractivity contribution in [1.82, 2.24) is 8.87 Å². The van der Waals surface area contributed by atoms with E-state index in [1.54, 1.807) is 6.07 Å². The molecule has 13 heteroatoms. The molecule has 0 N–H and O–H groups in total. The number of amides is 1. The summed E-state index contributed by atoms with van der Waals surface area (Å²) < 4.78 is 48.6. The number of thiazole rings is 1. The molecule has 2 aromatic heterocycles. The number of piperidine rings is 1. The molecule has 1 fully saturated rings. The highest BCUT2D eigenvalue weighted by molar-refractivity contribution is 7.91. The Bertz CT molecular complexity index is 1400. The van der Waals surface area contributed by atoms with Crippen LogP contribution in [0.2, 0.25) is 4.34 Å². The van der Waals surface area contributed by atoms with E-state index in [0.717, 1.165) is 22.7 Å². The summed E-state index contributed by atoms with van der Waals surface area (Å²) in [7, 11) is -2.56. The molecule has 1 aliphatic heterocycles. The van der Waals surface area contributed by atoms with Crippen molar-refractivity contribution < 1.29 is 27.1 Å². The van der Waals surface area contributed by atoms with E-state index in [-0.39, 0.29) is 34.2 Å². The second kappa shape index (κ2) is 9.63. The Kier molecular flexibility index (Phi) is 7.01. The minimum absolute atomic E-state index is 0.0174. The molecule has 1 unspecified atom stereocenters. The molecule has 3 heterocycles. The number of hydrogen-bond donors (Lipinski definition) is 0. The van der Waals surface area contributed by atoms with Gasteiger partial charge in [0.15, 0.2) is 4.80 Å². The van der Waals surface area contributed by atoms with Crippen LogP contribution < -0.4 is 4.80 Å². The first kappa shape index (κ1) is 24.0. The van der Waals surface area contributed by atoms with Crippen molar-refractivity contribution in [2.24, 2.45) is 10.9 Å². The van der Waals surface area contributed by atoms with Crippen LogP contribution in [-0.4, -0.2) is 49.4 Å². The van der Waals surface area contributed by atoms with Gasteiger partial charge in [-0.05, 0) is 37.1 Å². The maximum atomic E-state index is 14.5. The van der Waals surface area contributed by atoms with Gasteiger partial charge in [-0.15, -0.1) is 11.3 Å². The van der Waals surface area contributed by atoms with Crippen LogP contribution in [0.5, 0.6) is 0 Å². The highest BCUT2D eigenvalue weighted by Gasteiger charge is 2.34. The molecule has 1 aliphatic rings. The van der Waals surface area contributed by atoms with E-state index in [0.29, 0.717) is 21.9 Å². The maximum absolute atomic E-state index is 14.5. The molecule has 176 valence electrons. The lowest BCUT2D eigenvalue weighted by Crippen LogP contribution is -2.42. The van der Waals surface area contributed by atoms with E-state index >= 15 is 0 Å². The summed E-state index contributed by atoms with van der Waals surface area (Å²) in [6, 6.07) is 7.42. The summed E-state index contributed by atoms with van der Waals surface area (Å²) in [4.78, 5) is 29.2. The Morgan fingerprint density at radius 3 is 2.76 bits per heavy atom. The van der Waals surface area contributed by atoms with Crippen LogP contribution in [0.4, 0.5) is 4.39 Å². The van der Waals surface area contributed by atoms with E-state index in [1.807, 2.05) is 0 Å². The quantitative estimate of drug-likeness (QED) is 0.471. The Morgan fingerprint density at radius 1 is 1.27 bits per heavy atom. The number of methoxy groups -OCH3 is 1. The molecule has 0 bridgehead atoms. The van der Waals surface area contributed by atoms with E-state index in [1.165, 1.54) is 40.2 Å². The molecule has 3 aromatic rings. The van der Waals surface area contributed by atoms with Gasteiger partial charge in [-0.25, -0.2) is 12.8 Å². The molecule has 1 atom stereocenters. The number of para-hydroxylation sites is 1. The van der Waals surface area contributed by atoms with E-state index < -0.39 is 33.6 Å². The number of halogens is 2. The van der Waals surface area contributed by atoms with Crippen LogP contribution in [0.3, 0.4) is 0 Å². The zero-order chi connectivity index (χ0) is 23.8. The van der Waals surface area contributed by atoms with E-state index in [4.69, 9.17) is 16.3 Å². The van der Waals surface area contributed by atoms with Crippen molar-refractivity contribution >= 4 is 66.4 Å². The van der Waals surface area contributed by atoms with Gasteiger partial charge in [0.25, 0.3) is 15.9 Å². The van der Waals surface area contributed by atoms with E-state index in [2.05, 4.69) is 4.99 Å². The molecule has 0 spiro atoms. The van der Waals surface area contributed by atoms with Gasteiger partial charge in [-0.2, -0.15) is 9.30 Å². The number of rotatable bonds is 5. The fourth-order valence-electron chi connectivity index (χ4n) is 3.62. The fraction of sp³-hybridized carbons (Fsp3) is 0.350. The molecular formula is C20H19ClFN3O5S3. The zero-order valence-electron chi connectivity index (χ0n) is 17.4. The van der Waals surface area contributed by atoms with Crippen LogP contribution in [0.25, 0.3) is 10.2 Å². The highest BCUT2D eigenvalue weighted by atomic mass is 35.5. The van der Waals surface area contributed by atoms with Crippen molar-refractivity contribution in [3.8, 4) is 0 Å². The highest BCUT2D eigenvalue weighted by Crippen LogP contribution is 2.31. The van der Waals surface area contributed by atoms with Gasteiger partial charge in [0.2, 0.25) is 0 Å². The minimum atomic E-state index is -3.77. The predicted octanol–water partition coefficient (Wildman–Crippen LogP) is 3.26. The lowest BCUT2D eigenvalue weighted by atomic mass is 9.99. The van der Waals surface area contributed by atoms with Crippen LogP contribution in [0.15, 0.2) is 39.5 Å². The molecule has 1 amide bonds. The van der Waals surface area contributed by atoms with Crippen molar-refractivity contribution in [1.29, 1.82) is 0 Å². The SMILES string of the molecule is COC(=O)Cn1c(=NC(=O)C2CCCN(S(=O)(=O)c3ccc(Cl)s3)C2)sc2cccc(F)c21. The third-order valence-electron chi connectivity index (χ3n) is 5.25. The molecule has 33 heavy (non-hydrogen) atoms. The van der Waals surface area contributed by atoms with Gasteiger partial charge in [0.05, 0.1) is 27.6 Å². The van der Waals surface area contributed by atoms with Crippen LogP contribution in [-0.2, 0) is 30.9 Å². The third-order valence-corrected chi connectivity index (χ3v) is 9.86. The standard InChI is InChI=1S/C20H19ClFN3O5S3/c1-30-16(26)11-25-18-13(22)5-2-6-14(18)31-20(25)23-19(27)12-4-3-9-24(10-12)33(28,29)17-8-7-15(21)32-17/h2,5-8,12H,3-4,9-11H2,1H3. The molecule has 8 nitrogen and oxygen atoms in total. The number of thiophene rings is 1. The van der Waals surface area contributed by atoms with Crippen molar-refractivity contribution in [3.63, 3.8) is 0 Å². The number of hydrogen-bond acceptors (Lipinski definition) is 7. The molecule has 1 aromatic carbocycles. The van der Waals surface area contributed by atoms with Crippen molar-refractivity contribution in [3.05, 3.63) is 45.3 Å². The molecule has 4 rings (SSSR count). The van der Waals surface area contributed by atoms with Gasteiger partial charge < -0.3 is 9.30 Å². The number of sulfonamides is 1. The van der Waals surface area contributed by atoms with Crippen LogP contribution in [0, 0.1) is 11.7 Å². The Hall–Kier alpha value is -2.12. The third kappa shape index (κ3) is 4.90. The number of esters is 1. The summed E-state index contributed by atoms with van der Waals surface area (Å²) in [5.74, 6) is -2.35. The average Bonchev–Trinajstić information content (AvgIpc) is 3.38. The Balaban J connectivity index is 1.66. The summed E-state index contributed by atoms with van der Waals surface area (Å²) in [5, 5.41) is 0. The number of nitrogens with zero attached hydrogens (tertiary/aromatic N) is 3. The monoisotopic (exact) mass is 531 g/mol. The van der Waals surface area contributed by atoms with Gasteiger partial charge in [-0.3, -0.25) is 9.59 Å². The molecular weight excluding hydrogens is 513 g/mol. The lowest BCUT2D eigenvalue weighted by molar-refractivity contribution is -0.141. The maximum Gasteiger partial charge on any atom is 0.325 e. The predicted molar refractivity (Wildman–Crippen MR) is 123 cm³/mol. The van der Waals surface area contributed by atoms with Crippen molar-refractivity contribution in [2.75, 3.05) is 20.2 Å². The number of aromatic nitrogens is 1. The first-order valence-corrected chi connectivity index (χ1v) is 13.3. The molecule has 1 saturated heterocycles. The lowest BCUT2D eigenvalue weighted by Gasteiger charge is -2.29. The number of ether oxygens (including phenoxy) is 1. The summed E-state index contributed by atoms with van der Waals surface area (Å²) in [6.45, 7) is -0.0393. The van der Waals surface area contributed by atoms with Crippen LogP contribution >= 0.6 is 34.3 Å². The van der Waals surface area contributed by atoms with E-state index in [9.17, 15) is 22.4 Å². The Morgan fingerprint density at radius 2 is 2.06 bits per heavy atom. The summed E-state index contributed by atoms with van der Waals surface area (Å²) >= 11 is 7.92. The minimum Gasteiger partial charge on any atom is -0.468 e. The summed E-state index contributed by atoms with van der Waals surface area (Å²) in [6.07, 6.45) is 0.962. The summed E-state index contributed by atoms with van der Waals surface area (Å²) in [5.41, 5.74) is 0.155. The molecule has 0 radical (unpaired) electrons. The molecule has 0 aliphatic carbocycles. The first-order valence-electron chi connectivity index (χ1n) is 9.89. The fourth-order valence-corrected chi connectivity index (χ4v) is 7.83. The Labute approximate surface area is 201 Å². The largest absolute Gasteiger partial charge is 0.468 e. The average molecular weight is 532 g/mol. The zero-order valence-corrected chi connectivity index (χ0v) is 20.6. The normalized spacial score (nSPS) is 18.0. The van der Waals surface area contributed by atoms with Gasteiger partial charge in [0.1, 0.15) is 16.6 Å². The smallest absolute Gasteiger partial charge is 0.325 e. The number of fused-ring (bicyclic) bond motifs is 1. The second-order valence-corrected chi connectivity index (χ2v) is 12.2. The first-order chi connectivity index (χ1) is 15.7. The molecule has 0 saturated carbocycles. The van der Waals surface area contributed by atoms with Crippen molar-refractivity contribution in [2.45, 2.75) is 23.6 Å².